The number of halogens is 1. The van der Waals surface area contributed by atoms with Gasteiger partial charge in [0, 0.05) is 6.42 Å². The molecular formula is C21H21FN2O2. The maximum Gasteiger partial charge on any atom is 0.275 e. The highest BCUT2D eigenvalue weighted by Gasteiger charge is 2.19. The summed E-state index contributed by atoms with van der Waals surface area (Å²) in [6, 6.07) is 13.9. The number of nitrogens with zero attached hydrogens (tertiary/aromatic N) is 1. The van der Waals surface area contributed by atoms with Gasteiger partial charge in [-0.2, -0.15) is 0 Å². The van der Waals surface area contributed by atoms with Crippen LogP contribution in [0.2, 0.25) is 0 Å². The largest absolute Gasteiger partial charge is 0.491 e. The SMILES string of the molecule is CC(C)Oc1ccc(/C=C2/N=C(CCc3ccc(F)cc3)NC2=O)cc1. The van der Waals surface area contributed by atoms with Gasteiger partial charge in [-0.3, -0.25) is 4.79 Å². The van der Waals surface area contributed by atoms with Gasteiger partial charge in [0.2, 0.25) is 0 Å². The summed E-state index contributed by atoms with van der Waals surface area (Å²) in [4.78, 5) is 16.5. The molecule has 2 aromatic rings. The minimum Gasteiger partial charge on any atom is -0.491 e. The number of carbonyl (C=O) groups excluding carboxylic acids is 1. The van der Waals surface area contributed by atoms with Crippen LogP contribution in [-0.2, 0) is 11.2 Å². The number of carbonyl (C=O) groups is 1. The van der Waals surface area contributed by atoms with Crippen LogP contribution in [0, 0.1) is 5.82 Å². The lowest BCUT2D eigenvalue weighted by molar-refractivity contribution is -0.115. The van der Waals surface area contributed by atoms with E-state index in [9.17, 15) is 9.18 Å². The molecule has 1 heterocycles. The van der Waals surface area contributed by atoms with E-state index in [0.29, 0.717) is 24.4 Å². The Morgan fingerprint density at radius 3 is 2.42 bits per heavy atom. The van der Waals surface area contributed by atoms with Crippen molar-refractivity contribution in [2.24, 2.45) is 4.99 Å². The molecule has 0 aliphatic carbocycles. The molecule has 0 bridgehead atoms. The van der Waals surface area contributed by atoms with Crippen LogP contribution in [0.3, 0.4) is 0 Å². The second-order valence-corrected chi connectivity index (χ2v) is 6.40. The van der Waals surface area contributed by atoms with Gasteiger partial charge in [0.25, 0.3) is 5.91 Å². The molecule has 0 atom stereocenters. The van der Waals surface area contributed by atoms with Crippen molar-refractivity contribution in [1.29, 1.82) is 0 Å². The first kappa shape index (κ1) is 17.9. The average molecular weight is 352 g/mol. The average Bonchev–Trinajstić information content (AvgIpc) is 2.95. The minimum atomic E-state index is -0.254. The van der Waals surface area contributed by atoms with E-state index in [2.05, 4.69) is 10.3 Å². The van der Waals surface area contributed by atoms with Crippen LogP contribution < -0.4 is 10.1 Å². The van der Waals surface area contributed by atoms with E-state index in [1.165, 1.54) is 12.1 Å². The molecule has 2 aromatic carbocycles. The van der Waals surface area contributed by atoms with E-state index in [1.807, 2.05) is 38.1 Å². The Balaban J connectivity index is 1.65. The first-order valence-corrected chi connectivity index (χ1v) is 8.61. The van der Waals surface area contributed by atoms with Crippen LogP contribution in [0.5, 0.6) is 5.75 Å². The van der Waals surface area contributed by atoms with Gasteiger partial charge in [0.05, 0.1) is 6.10 Å². The quantitative estimate of drug-likeness (QED) is 0.795. The number of aliphatic imine (C=N–C) groups is 1. The van der Waals surface area contributed by atoms with E-state index in [0.717, 1.165) is 16.9 Å². The van der Waals surface area contributed by atoms with Crippen molar-refractivity contribution in [3.8, 4) is 5.75 Å². The van der Waals surface area contributed by atoms with Crippen molar-refractivity contribution in [3.63, 3.8) is 0 Å². The summed E-state index contributed by atoms with van der Waals surface area (Å²) < 4.78 is 18.5. The Morgan fingerprint density at radius 1 is 1.08 bits per heavy atom. The third-order valence-corrected chi connectivity index (χ3v) is 3.86. The zero-order chi connectivity index (χ0) is 18.5. The smallest absolute Gasteiger partial charge is 0.275 e. The van der Waals surface area contributed by atoms with Crippen LogP contribution >= 0.6 is 0 Å². The fourth-order valence-electron chi connectivity index (χ4n) is 2.62. The van der Waals surface area contributed by atoms with Crippen LogP contribution in [-0.4, -0.2) is 17.8 Å². The summed E-state index contributed by atoms with van der Waals surface area (Å²) in [6.07, 6.45) is 3.15. The van der Waals surface area contributed by atoms with E-state index in [1.54, 1.807) is 18.2 Å². The topological polar surface area (TPSA) is 50.7 Å². The second-order valence-electron chi connectivity index (χ2n) is 6.40. The van der Waals surface area contributed by atoms with Gasteiger partial charge in [0.15, 0.2) is 0 Å². The molecule has 134 valence electrons. The van der Waals surface area contributed by atoms with Crippen LogP contribution in [0.15, 0.2) is 59.2 Å². The number of amides is 1. The Morgan fingerprint density at radius 2 is 1.77 bits per heavy atom. The first-order valence-electron chi connectivity index (χ1n) is 8.61. The van der Waals surface area contributed by atoms with Crippen molar-refractivity contribution in [3.05, 3.63) is 71.2 Å². The number of nitrogens with one attached hydrogen (secondary N) is 1. The van der Waals surface area contributed by atoms with E-state index in [-0.39, 0.29) is 17.8 Å². The van der Waals surface area contributed by atoms with Gasteiger partial charge in [-0.15, -0.1) is 0 Å². The molecule has 1 aliphatic rings. The molecule has 4 nitrogen and oxygen atoms in total. The van der Waals surface area contributed by atoms with Crippen molar-refractivity contribution in [1.82, 2.24) is 5.32 Å². The lowest BCUT2D eigenvalue weighted by Gasteiger charge is -2.09. The van der Waals surface area contributed by atoms with Crippen molar-refractivity contribution in [2.45, 2.75) is 32.8 Å². The number of aryl methyl sites for hydroxylation is 1. The van der Waals surface area contributed by atoms with Gasteiger partial charge in [-0.25, -0.2) is 9.38 Å². The van der Waals surface area contributed by atoms with Crippen molar-refractivity contribution < 1.29 is 13.9 Å². The van der Waals surface area contributed by atoms with Gasteiger partial charge in [-0.05, 0) is 61.7 Å². The van der Waals surface area contributed by atoms with E-state index < -0.39 is 0 Å². The molecule has 1 amide bonds. The lowest BCUT2D eigenvalue weighted by atomic mass is 10.1. The highest BCUT2D eigenvalue weighted by Crippen LogP contribution is 2.18. The zero-order valence-corrected chi connectivity index (χ0v) is 14.8. The van der Waals surface area contributed by atoms with Gasteiger partial charge >= 0.3 is 0 Å². The number of ether oxygens (including phenoxy) is 1. The summed E-state index contributed by atoms with van der Waals surface area (Å²) in [5, 5.41) is 2.79. The maximum absolute atomic E-state index is 12.9. The van der Waals surface area contributed by atoms with Crippen LogP contribution in [0.25, 0.3) is 6.08 Å². The Kier molecular flexibility index (Phi) is 5.46. The summed E-state index contributed by atoms with van der Waals surface area (Å²) in [5.41, 5.74) is 2.27. The zero-order valence-electron chi connectivity index (χ0n) is 14.8. The number of amidine groups is 1. The van der Waals surface area contributed by atoms with Crippen LogP contribution in [0.1, 0.15) is 31.4 Å². The number of hydrogen-bond acceptors (Lipinski definition) is 3. The Hall–Kier alpha value is -2.95. The fraction of sp³-hybridized carbons (Fsp3) is 0.238. The second kappa shape index (κ2) is 7.95. The number of rotatable bonds is 6. The van der Waals surface area contributed by atoms with E-state index in [4.69, 9.17) is 4.74 Å². The minimum absolute atomic E-state index is 0.119. The van der Waals surface area contributed by atoms with Crippen molar-refractivity contribution in [2.75, 3.05) is 0 Å². The molecule has 1 aliphatic heterocycles. The number of benzene rings is 2. The normalized spacial score (nSPS) is 15.3. The number of hydrogen-bond donors (Lipinski definition) is 1. The molecule has 0 fully saturated rings. The molecule has 0 aromatic heterocycles. The summed E-state index contributed by atoms with van der Waals surface area (Å²) >= 11 is 0. The van der Waals surface area contributed by atoms with Crippen molar-refractivity contribution >= 4 is 17.8 Å². The van der Waals surface area contributed by atoms with Gasteiger partial charge in [0.1, 0.15) is 23.1 Å². The predicted molar refractivity (Wildman–Crippen MR) is 100 cm³/mol. The molecule has 0 saturated heterocycles. The van der Waals surface area contributed by atoms with Gasteiger partial charge in [-0.1, -0.05) is 24.3 Å². The summed E-state index contributed by atoms with van der Waals surface area (Å²) in [5.74, 6) is 0.962. The predicted octanol–water partition coefficient (Wildman–Crippen LogP) is 4.11. The molecule has 0 radical (unpaired) electrons. The Bertz CT molecular complexity index is 837. The summed E-state index contributed by atoms with van der Waals surface area (Å²) in [6.45, 7) is 3.95. The molecule has 0 spiro atoms. The molecule has 0 unspecified atom stereocenters. The lowest BCUT2D eigenvalue weighted by Crippen LogP contribution is -2.24. The van der Waals surface area contributed by atoms with Crippen LogP contribution in [0.4, 0.5) is 4.39 Å². The Labute approximate surface area is 152 Å². The molecule has 3 rings (SSSR count). The highest BCUT2D eigenvalue weighted by atomic mass is 19.1. The van der Waals surface area contributed by atoms with E-state index >= 15 is 0 Å². The summed E-state index contributed by atoms with van der Waals surface area (Å²) in [7, 11) is 0. The molecule has 26 heavy (non-hydrogen) atoms. The standard InChI is InChI=1S/C21H21FN2O2/c1-14(2)26-18-10-5-16(6-11-18)13-19-21(25)24-20(23-19)12-7-15-3-8-17(22)9-4-15/h3-6,8-11,13-14H,7,12H2,1-2H3,(H,23,24,25)/b19-13+. The van der Waals surface area contributed by atoms with Gasteiger partial charge < -0.3 is 10.1 Å². The third-order valence-electron chi connectivity index (χ3n) is 3.86. The third kappa shape index (κ3) is 4.79. The molecular weight excluding hydrogens is 331 g/mol. The molecule has 5 heteroatoms. The fourth-order valence-corrected chi connectivity index (χ4v) is 2.62. The maximum atomic E-state index is 12.9. The highest BCUT2D eigenvalue weighted by molar-refractivity contribution is 6.14. The monoisotopic (exact) mass is 352 g/mol. The first-order chi connectivity index (χ1) is 12.5. The molecule has 1 N–H and O–H groups in total. The molecule has 0 saturated carbocycles.